The van der Waals surface area contributed by atoms with E-state index >= 15 is 0 Å². The van der Waals surface area contributed by atoms with E-state index in [0.717, 1.165) is 19.5 Å². The summed E-state index contributed by atoms with van der Waals surface area (Å²) in [5, 5.41) is 7.35. The Balaban J connectivity index is 1.94. The number of nitrogens with zero attached hydrogens (tertiary/aromatic N) is 4. The van der Waals surface area contributed by atoms with E-state index in [0.29, 0.717) is 12.2 Å². The molecule has 2 heterocycles. The van der Waals surface area contributed by atoms with Crippen molar-refractivity contribution in [3.8, 4) is 0 Å². The first-order valence-electron chi connectivity index (χ1n) is 5.82. The molecular formula is C11H16N4O2. The molecule has 1 aromatic rings. The summed E-state index contributed by atoms with van der Waals surface area (Å²) in [6.07, 6.45) is 4.35. The second kappa shape index (κ2) is 5.07. The second-order valence-corrected chi connectivity index (χ2v) is 4.55. The lowest BCUT2D eigenvalue weighted by Gasteiger charge is -2.30. The second-order valence-electron chi connectivity index (χ2n) is 4.55. The number of likely N-dealkylation sites (tertiary alicyclic amines) is 1. The average Bonchev–Trinajstić information content (AvgIpc) is 2.77. The van der Waals surface area contributed by atoms with Crippen LogP contribution in [0.25, 0.3) is 0 Å². The van der Waals surface area contributed by atoms with E-state index in [9.17, 15) is 9.59 Å². The first-order valence-corrected chi connectivity index (χ1v) is 5.82. The first kappa shape index (κ1) is 11.8. The maximum Gasteiger partial charge on any atom is 0.244 e. The van der Waals surface area contributed by atoms with Gasteiger partial charge in [0.15, 0.2) is 6.29 Å². The van der Waals surface area contributed by atoms with Gasteiger partial charge in [-0.3, -0.25) is 9.59 Å². The van der Waals surface area contributed by atoms with Crippen LogP contribution in [0.4, 0.5) is 0 Å². The molecule has 0 N–H and O–H groups in total. The lowest BCUT2D eigenvalue weighted by molar-refractivity contribution is -0.133. The van der Waals surface area contributed by atoms with Gasteiger partial charge in [-0.05, 0) is 18.8 Å². The summed E-state index contributed by atoms with van der Waals surface area (Å²) in [5.74, 6) is 0.605. The summed E-state index contributed by atoms with van der Waals surface area (Å²) in [6.45, 7) is 3.94. The van der Waals surface area contributed by atoms with Gasteiger partial charge in [-0.25, -0.2) is 4.68 Å². The van der Waals surface area contributed by atoms with Crippen molar-refractivity contribution in [1.82, 2.24) is 19.9 Å². The van der Waals surface area contributed by atoms with Crippen LogP contribution >= 0.6 is 0 Å². The predicted octanol–water partition coefficient (Wildman–Crippen LogP) is 0.349. The van der Waals surface area contributed by atoms with Crippen molar-refractivity contribution in [2.75, 3.05) is 13.1 Å². The Morgan fingerprint density at radius 2 is 2.47 bits per heavy atom. The fourth-order valence-electron chi connectivity index (χ4n) is 2.10. The van der Waals surface area contributed by atoms with E-state index in [4.69, 9.17) is 0 Å². The molecule has 1 saturated heterocycles. The normalized spacial score (nSPS) is 20.3. The highest BCUT2D eigenvalue weighted by atomic mass is 16.2. The zero-order chi connectivity index (χ0) is 12.3. The van der Waals surface area contributed by atoms with E-state index in [-0.39, 0.29) is 18.1 Å². The Morgan fingerprint density at radius 3 is 3.12 bits per heavy atom. The fourth-order valence-corrected chi connectivity index (χ4v) is 2.10. The molecule has 1 aliphatic heterocycles. The van der Waals surface area contributed by atoms with E-state index in [1.807, 2.05) is 4.90 Å². The highest BCUT2D eigenvalue weighted by Gasteiger charge is 2.21. The number of aldehydes is 1. The summed E-state index contributed by atoms with van der Waals surface area (Å²) in [6, 6.07) is 0. The molecule has 0 aromatic carbocycles. The van der Waals surface area contributed by atoms with Gasteiger partial charge in [-0.15, -0.1) is 5.10 Å². The molecule has 17 heavy (non-hydrogen) atoms. The SMILES string of the molecule is CC1CCCN(C(=O)Cn2cc(C=O)nn2)C1. The fraction of sp³-hybridized carbons (Fsp3) is 0.636. The van der Waals surface area contributed by atoms with E-state index < -0.39 is 0 Å². The number of hydrogen-bond acceptors (Lipinski definition) is 4. The average molecular weight is 236 g/mol. The van der Waals surface area contributed by atoms with Crippen LogP contribution in [0.1, 0.15) is 30.3 Å². The van der Waals surface area contributed by atoms with Crippen molar-refractivity contribution in [3.05, 3.63) is 11.9 Å². The van der Waals surface area contributed by atoms with E-state index in [1.165, 1.54) is 17.3 Å². The summed E-state index contributed by atoms with van der Waals surface area (Å²) in [5.41, 5.74) is 0.254. The smallest absolute Gasteiger partial charge is 0.244 e. The van der Waals surface area contributed by atoms with Crippen LogP contribution in [-0.4, -0.2) is 45.2 Å². The van der Waals surface area contributed by atoms with Crippen LogP contribution in [0.2, 0.25) is 0 Å². The predicted molar refractivity (Wildman–Crippen MR) is 60.4 cm³/mol. The van der Waals surface area contributed by atoms with E-state index in [1.54, 1.807) is 0 Å². The minimum absolute atomic E-state index is 0.0406. The number of rotatable bonds is 3. The standard InChI is InChI=1S/C11H16N4O2/c1-9-3-2-4-14(5-9)11(17)7-15-6-10(8-16)12-13-15/h6,8-9H,2-5,7H2,1H3. The van der Waals surface area contributed by atoms with Gasteiger partial charge in [0.2, 0.25) is 5.91 Å². The Bertz CT molecular complexity index is 415. The van der Waals surface area contributed by atoms with Crippen molar-refractivity contribution in [1.29, 1.82) is 0 Å². The summed E-state index contributed by atoms with van der Waals surface area (Å²) >= 11 is 0. The molecule has 0 saturated carbocycles. The molecule has 1 aliphatic rings. The van der Waals surface area contributed by atoms with Crippen LogP contribution in [-0.2, 0) is 11.3 Å². The van der Waals surface area contributed by atoms with Crippen molar-refractivity contribution >= 4 is 12.2 Å². The highest BCUT2D eigenvalue weighted by molar-refractivity contribution is 5.76. The highest BCUT2D eigenvalue weighted by Crippen LogP contribution is 2.15. The third kappa shape index (κ3) is 2.89. The van der Waals surface area contributed by atoms with Crippen molar-refractivity contribution in [2.24, 2.45) is 5.92 Å². The maximum absolute atomic E-state index is 12.0. The number of piperidine rings is 1. The molecule has 2 rings (SSSR count). The van der Waals surface area contributed by atoms with Crippen LogP contribution < -0.4 is 0 Å². The number of hydrogen-bond donors (Lipinski definition) is 0. The third-order valence-corrected chi connectivity index (χ3v) is 2.98. The number of amides is 1. The van der Waals surface area contributed by atoms with Gasteiger partial charge in [0.05, 0.1) is 6.20 Å². The van der Waals surface area contributed by atoms with Crippen LogP contribution in [0.5, 0.6) is 0 Å². The van der Waals surface area contributed by atoms with Gasteiger partial charge < -0.3 is 4.90 Å². The summed E-state index contributed by atoms with van der Waals surface area (Å²) in [4.78, 5) is 24.3. The Hall–Kier alpha value is -1.72. The summed E-state index contributed by atoms with van der Waals surface area (Å²) in [7, 11) is 0. The van der Waals surface area contributed by atoms with Crippen LogP contribution in [0.3, 0.4) is 0 Å². The minimum Gasteiger partial charge on any atom is -0.341 e. The molecule has 0 radical (unpaired) electrons. The molecule has 1 aromatic heterocycles. The lowest BCUT2D eigenvalue weighted by atomic mass is 10.0. The number of carbonyl (C=O) groups excluding carboxylic acids is 2. The van der Waals surface area contributed by atoms with Gasteiger partial charge in [0, 0.05) is 13.1 Å². The molecular weight excluding hydrogens is 220 g/mol. The largest absolute Gasteiger partial charge is 0.341 e. The molecule has 0 bridgehead atoms. The minimum atomic E-state index is 0.0406. The molecule has 6 heteroatoms. The van der Waals surface area contributed by atoms with Crippen molar-refractivity contribution < 1.29 is 9.59 Å². The zero-order valence-corrected chi connectivity index (χ0v) is 9.87. The molecule has 1 amide bonds. The van der Waals surface area contributed by atoms with Gasteiger partial charge >= 0.3 is 0 Å². The topological polar surface area (TPSA) is 68.1 Å². The van der Waals surface area contributed by atoms with Crippen molar-refractivity contribution in [2.45, 2.75) is 26.3 Å². The van der Waals surface area contributed by atoms with Crippen molar-refractivity contribution in [3.63, 3.8) is 0 Å². The quantitative estimate of drug-likeness (QED) is 0.710. The van der Waals surface area contributed by atoms with Crippen LogP contribution in [0.15, 0.2) is 6.20 Å². The lowest BCUT2D eigenvalue weighted by Crippen LogP contribution is -2.40. The molecule has 0 spiro atoms. The molecule has 1 atom stereocenters. The van der Waals surface area contributed by atoms with E-state index in [2.05, 4.69) is 17.2 Å². The molecule has 1 fully saturated rings. The summed E-state index contributed by atoms with van der Waals surface area (Å²) < 4.78 is 1.41. The molecule has 92 valence electrons. The third-order valence-electron chi connectivity index (χ3n) is 2.98. The maximum atomic E-state index is 12.0. The number of aromatic nitrogens is 3. The van der Waals surface area contributed by atoms with Crippen LogP contribution in [0, 0.1) is 5.92 Å². The monoisotopic (exact) mass is 236 g/mol. The Kier molecular flexibility index (Phi) is 3.51. The zero-order valence-electron chi connectivity index (χ0n) is 9.87. The van der Waals surface area contributed by atoms with Gasteiger partial charge in [0.25, 0.3) is 0 Å². The first-order chi connectivity index (χ1) is 8.19. The molecule has 6 nitrogen and oxygen atoms in total. The molecule has 0 aliphatic carbocycles. The van der Waals surface area contributed by atoms with Gasteiger partial charge in [-0.2, -0.15) is 0 Å². The Morgan fingerprint density at radius 1 is 1.65 bits per heavy atom. The van der Waals surface area contributed by atoms with Gasteiger partial charge in [0.1, 0.15) is 12.2 Å². The van der Waals surface area contributed by atoms with Gasteiger partial charge in [-0.1, -0.05) is 12.1 Å². The molecule has 1 unspecified atom stereocenters. The Labute approximate surface area is 99.6 Å². The number of carbonyl (C=O) groups is 2.